The SMILES string of the molecule is CC(C)(C)S(=O)c1cccc(-c2noc(C(F)(F)F)n2)c1. The van der Waals surface area contributed by atoms with Gasteiger partial charge >= 0.3 is 12.1 Å². The molecule has 114 valence electrons. The monoisotopic (exact) mass is 318 g/mol. The van der Waals surface area contributed by atoms with E-state index in [9.17, 15) is 17.4 Å². The van der Waals surface area contributed by atoms with Crippen LogP contribution in [-0.2, 0) is 17.0 Å². The Bertz CT molecular complexity index is 675. The molecule has 1 aromatic heterocycles. The first kappa shape index (κ1) is 15.7. The highest BCUT2D eigenvalue weighted by atomic mass is 32.2. The van der Waals surface area contributed by atoms with Gasteiger partial charge in [0.1, 0.15) is 0 Å². The zero-order valence-electron chi connectivity index (χ0n) is 11.6. The summed E-state index contributed by atoms with van der Waals surface area (Å²) >= 11 is 0. The topological polar surface area (TPSA) is 56.0 Å². The van der Waals surface area contributed by atoms with Gasteiger partial charge in [0.15, 0.2) is 0 Å². The lowest BCUT2D eigenvalue weighted by molar-refractivity contribution is -0.159. The van der Waals surface area contributed by atoms with E-state index in [1.807, 2.05) is 20.8 Å². The third-order valence-electron chi connectivity index (χ3n) is 2.53. The Balaban J connectivity index is 2.38. The summed E-state index contributed by atoms with van der Waals surface area (Å²) in [5, 5.41) is 3.31. The van der Waals surface area contributed by atoms with Crippen molar-refractivity contribution in [3.8, 4) is 11.4 Å². The maximum absolute atomic E-state index is 12.4. The van der Waals surface area contributed by atoms with E-state index in [-0.39, 0.29) is 5.82 Å². The molecule has 0 bridgehead atoms. The Morgan fingerprint density at radius 2 is 1.86 bits per heavy atom. The maximum Gasteiger partial charge on any atom is 0.471 e. The van der Waals surface area contributed by atoms with Crippen LogP contribution in [0, 0.1) is 0 Å². The molecule has 0 N–H and O–H groups in total. The lowest BCUT2D eigenvalue weighted by Crippen LogP contribution is -2.21. The molecule has 0 aliphatic rings. The lowest BCUT2D eigenvalue weighted by Gasteiger charge is -2.17. The third kappa shape index (κ3) is 3.49. The molecule has 0 fully saturated rings. The fraction of sp³-hybridized carbons (Fsp3) is 0.385. The fourth-order valence-corrected chi connectivity index (χ4v) is 2.70. The number of rotatable bonds is 2. The summed E-state index contributed by atoms with van der Waals surface area (Å²) in [7, 11) is -1.30. The number of alkyl halides is 3. The highest BCUT2D eigenvalue weighted by Gasteiger charge is 2.38. The van der Waals surface area contributed by atoms with Gasteiger partial charge in [0.05, 0.1) is 10.8 Å². The van der Waals surface area contributed by atoms with Crippen molar-refractivity contribution in [2.45, 2.75) is 36.6 Å². The summed E-state index contributed by atoms with van der Waals surface area (Å²) in [6.45, 7) is 5.43. The van der Waals surface area contributed by atoms with Crippen LogP contribution in [0.15, 0.2) is 33.7 Å². The van der Waals surface area contributed by atoms with E-state index in [2.05, 4.69) is 14.7 Å². The quantitative estimate of drug-likeness (QED) is 0.848. The van der Waals surface area contributed by atoms with Crippen molar-refractivity contribution < 1.29 is 21.9 Å². The van der Waals surface area contributed by atoms with Crippen LogP contribution in [0.2, 0.25) is 0 Å². The second-order valence-electron chi connectivity index (χ2n) is 5.33. The van der Waals surface area contributed by atoms with Gasteiger partial charge in [-0.25, -0.2) is 0 Å². The van der Waals surface area contributed by atoms with E-state index in [1.165, 1.54) is 12.1 Å². The van der Waals surface area contributed by atoms with Gasteiger partial charge in [0.2, 0.25) is 5.82 Å². The minimum Gasteiger partial charge on any atom is -0.329 e. The Kier molecular flexibility index (Phi) is 3.92. The van der Waals surface area contributed by atoms with Crippen molar-refractivity contribution in [3.63, 3.8) is 0 Å². The predicted octanol–water partition coefficient (Wildman–Crippen LogP) is 3.66. The minimum atomic E-state index is -4.68. The van der Waals surface area contributed by atoms with E-state index >= 15 is 0 Å². The molecule has 2 aromatic rings. The van der Waals surface area contributed by atoms with Gasteiger partial charge in [-0.05, 0) is 32.9 Å². The van der Waals surface area contributed by atoms with Crippen molar-refractivity contribution in [3.05, 3.63) is 30.2 Å². The number of aromatic nitrogens is 2. The maximum atomic E-state index is 12.4. The van der Waals surface area contributed by atoms with Crippen LogP contribution in [-0.4, -0.2) is 19.1 Å². The fourth-order valence-electron chi connectivity index (χ4n) is 1.56. The van der Waals surface area contributed by atoms with Crippen molar-refractivity contribution in [2.75, 3.05) is 0 Å². The van der Waals surface area contributed by atoms with Crippen LogP contribution < -0.4 is 0 Å². The van der Waals surface area contributed by atoms with Crippen LogP contribution in [0.4, 0.5) is 13.2 Å². The number of halogens is 3. The van der Waals surface area contributed by atoms with Crippen LogP contribution in [0.5, 0.6) is 0 Å². The van der Waals surface area contributed by atoms with Gasteiger partial charge in [0.25, 0.3) is 0 Å². The summed E-state index contributed by atoms with van der Waals surface area (Å²) in [6.07, 6.45) is -4.68. The minimum absolute atomic E-state index is 0.185. The van der Waals surface area contributed by atoms with Gasteiger partial charge in [-0.15, -0.1) is 0 Å². The lowest BCUT2D eigenvalue weighted by atomic mass is 10.2. The summed E-state index contributed by atoms with van der Waals surface area (Å²) in [4.78, 5) is 3.81. The van der Waals surface area contributed by atoms with E-state index in [0.717, 1.165) is 0 Å². The third-order valence-corrected chi connectivity index (χ3v) is 4.33. The van der Waals surface area contributed by atoms with Crippen LogP contribution in [0.25, 0.3) is 11.4 Å². The Labute approximate surface area is 121 Å². The first-order chi connectivity index (χ1) is 9.59. The van der Waals surface area contributed by atoms with Crippen LogP contribution >= 0.6 is 0 Å². The molecule has 21 heavy (non-hydrogen) atoms. The zero-order valence-corrected chi connectivity index (χ0v) is 12.4. The molecule has 1 heterocycles. The average Bonchev–Trinajstić information content (AvgIpc) is 2.86. The summed E-state index contributed by atoms with van der Waals surface area (Å²) in [6, 6.07) is 6.29. The number of benzene rings is 1. The number of hydrogen-bond donors (Lipinski definition) is 0. The Hall–Kier alpha value is -1.70. The smallest absolute Gasteiger partial charge is 0.329 e. The zero-order chi connectivity index (χ0) is 15.8. The molecular weight excluding hydrogens is 305 g/mol. The van der Waals surface area contributed by atoms with Gasteiger partial charge in [-0.2, -0.15) is 18.2 Å². The molecule has 1 atom stereocenters. The highest BCUT2D eigenvalue weighted by Crippen LogP contribution is 2.30. The molecule has 0 saturated carbocycles. The normalized spacial score (nSPS) is 14.2. The first-order valence-corrected chi connectivity index (χ1v) is 7.17. The molecule has 1 aromatic carbocycles. The number of hydrogen-bond acceptors (Lipinski definition) is 4. The van der Waals surface area contributed by atoms with E-state index < -0.39 is 27.6 Å². The van der Waals surface area contributed by atoms with Crippen LogP contribution in [0.1, 0.15) is 26.7 Å². The van der Waals surface area contributed by atoms with Gasteiger partial charge in [0, 0.05) is 15.2 Å². The largest absolute Gasteiger partial charge is 0.471 e. The standard InChI is InChI=1S/C13H13F3N2O2S/c1-12(2,3)21(19)9-6-4-5-8(7-9)10-17-11(20-18-10)13(14,15)16/h4-7H,1-3H3. The summed E-state index contributed by atoms with van der Waals surface area (Å²) in [5.41, 5.74) is 0.323. The molecule has 8 heteroatoms. The van der Waals surface area contributed by atoms with E-state index in [0.29, 0.717) is 10.5 Å². The molecule has 0 radical (unpaired) electrons. The van der Waals surface area contributed by atoms with Gasteiger partial charge < -0.3 is 4.52 Å². The summed E-state index contributed by atoms with van der Waals surface area (Å²) in [5.74, 6) is -1.59. The van der Waals surface area contributed by atoms with Crippen LogP contribution in [0.3, 0.4) is 0 Å². The predicted molar refractivity (Wildman–Crippen MR) is 70.9 cm³/mol. The number of nitrogens with zero attached hydrogens (tertiary/aromatic N) is 2. The molecule has 0 spiro atoms. The first-order valence-electron chi connectivity index (χ1n) is 6.02. The highest BCUT2D eigenvalue weighted by molar-refractivity contribution is 7.86. The Morgan fingerprint density at radius 1 is 1.19 bits per heavy atom. The van der Waals surface area contributed by atoms with E-state index in [1.54, 1.807) is 12.1 Å². The Morgan fingerprint density at radius 3 is 2.38 bits per heavy atom. The second-order valence-corrected chi connectivity index (χ2v) is 7.56. The molecule has 2 rings (SSSR count). The summed E-state index contributed by atoms with van der Waals surface area (Å²) < 4.78 is 53.3. The molecule has 0 aliphatic carbocycles. The molecule has 0 saturated heterocycles. The van der Waals surface area contributed by atoms with Crippen molar-refractivity contribution >= 4 is 10.8 Å². The van der Waals surface area contributed by atoms with E-state index in [4.69, 9.17) is 0 Å². The average molecular weight is 318 g/mol. The molecule has 0 amide bonds. The van der Waals surface area contributed by atoms with Gasteiger partial charge in [-0.1, -0.05) is 17.3 Å². The van der Waals surface area contributed by atoms with Crippen molar-refractivity contribution in [1.82, 2.24) is 10.1 Å². The second kappa shape index (κ2) is 5.25. The van der Waals surface area contributed by atoms with Crippen molar-refractivity contribution in [1.29, 1.82) is 0 Å². The molecule has 4 nitrogen and oxygen atoms in total. The molecular formula is C13H13F3N2O2S. The van der Waals surface area contributed by atoms with Crippen molar-refractivity contribution in [2.24, 2.45) is 0 Å². The van der Waals surface area contributed by atoms with Gasteiger partial charge in [-0.3, -0.25) is 4.21 Å². The molecule has 0 aliphatic heterocycles. The molecule has 1 unspecified atom stereocenters.